The summed E-state index contributed by atoms with van der Waals surface area (Å²) in [5, 5.41) is 12.8. The second-order valence-electron chi connectivity index (χ2n) is 6.35. The van der Waals surface area contributed by atoms with E-state index >= 15 is 0 Å². The molecule has 1 heterocycles. The molecular formula is C19H26N2O3. The molecule has 5 heteroatoms. The smallest absolute Gasteiger partial charge is 0.223 e. The van der Waals surface area contributed by atoms with Gasteiger partial charge in [0.05, 0.1) is 18.6 Å². The summed E-state index contributed by atoms with van der Waals surface area (Å²) in [6.07, 6.45) is 4.10. The normalized spacial score (nSPS) is 18.7. The molecule has 2 rings (SSSR count). The minimum absolute atomic E-state index is 0.0989. The fourth-order valence-corrected chi connectivity index (χ4v) is 2.85. The highest BCUT2D eigenvalue weighted by Gasteiger charge is 2.28. The largest absolute Gasteiger partial charge is 0.391 e. The van der Waals surface area contributed by atoms with E-state index in [1.165, 1.54) is 6.92 Å². The van der Waals surface area contributed by atoms with E-state index in [-0.39, 0.29) is 36.7 Å². The first-order valence-electron chi connectivity index (χ1n) is 8.44. The van der Waals surface area contributed by atoms with Crippen LogP contribution in [0.2, 0.25) is 0 Å². The zero-order chi connectivity index (χ0) is 17.7. The molecule has 1 aliphatic heterocycles. The van der Waals surface area contributed by atoms with Crippen LogP contribution in [0.15, 0.2) is 30.5 Å². The number of nitrogens with one attached hydrogen (secondary N) is 1. The number of nitrogens with zero attached hydrogens (tertiary/aromatic N) is 1. The van der Waals surface area contributed by atoms with Crippen LogP contribution in [0.25, 0.3) is 6.08 Å². The van der Waals surface area contributed by atoms with Crippen molar-refractivity contribution in [1.82, 2.24) is 10.2 Å². The molecule has 0 radical (unpaired) electrons. The molecule has 2 N–H and O–H groups in total. The lowest BCUT2D eigenvalue weighted by molar-refractivity contribution is -0.130. The van der Waals surface area contributed by atoms with E-state index in [2.05, 4.69) is 5.32 Å². The van der Waals surface area contributed by atoms with Gasteiger partial charge >= 0.3 is 0 Å². The van der Waals surface area contributed by atoms with Crippen molar-refractivity contribution < 1.29 is 14.7 Å². The summed E-state index contributed by atoms with van der Waals surface area (Å²) in [7, 11) is 0. The topological polar surface area (TPSA) is 69.6 Å². The number of amides is 2. The van der Waals surface area contributed by atoms with Crippen molar-refractivity contribution in [3.05, 3.63) is 41.6 Å². The van der Waals surface area contributed by atoms with Crippen LogP contribution in [-0.2, 0) is 9.59 Å². The maximum Gasteiger partial charge on any atom is 0.223 e. The van der Waals surface area contributed by atoms with E-state index in [4.69, 9.17) is 0 Å². The molecule has 0 spiro atoms. The Balaban J connectivity index is 2.06. The monoisotopic (exact) mass is 330 g/mol. The number of hydrogen-bond donors (Lipinski definition) is 2. The average molecular weight is 330 g/mol. The Kier molecular flexibility index (Phi) is 6.15. The predicted octanol–water partition coefficient (Wildman–Crippen LogP) is 2.47. The van der Waals surface area contributed by atoms with Crippen LogP contribution in [0.5, 0.6) is 0 Å². The van der Waals surface area contributed by atoms with E-state index < -0.39 is 6.10 Å². The molecule has 130 valence electrons. The van der Waals surface area contributed by atoms with Crippen LogP contribution in [0.4, 0.5) is 0 Å². The fraction of sp³-hybridized carbons (Fsp3) is 0.474. The van der Waals surface area contributed by atoms with Gasteiger partial charge in [0.15, 0.2) is 0 Å². The summed E-state index contributed by atoms with van der Waals surface area (Å²) in [6, 6.07) is 7.45. The highest BCUT2D eigenvalue weighted by Crippen LogP contribution is 2.32. The lowest BCUT2D eigenvalue weighted by Gasteiger charge is -2.32. The van der Waals surface area contributed by atoms with E-state index in [1.807, 2.05) is 44.2 Å². The van der Waals surface area contributed by atoms with Gasteiger partial charge in [-0.05, 0) is 23.1 Å². The molecule has 3 unspecified atom stereocenters. The fourth-order valence-electron chi connectivity index (χ4n) is 2.85. The molecule has 1 aromatic rings. The Morgan fingerprint density at radius 1 is 1.33 bits per heavy atom. The Morgan fingerprint density at radius 3 is 2.71 bits per heavy atom. The third-order valence-electron chi connectivity index (χ3n) is 4.66. The summed E-state index contributed by atoms with van der Waals surface area (Å²) < 4.78 is 0. The number of benzene rings is 1. The van der Waals surface area contributed by atoms with Crippen LogP contribution in [0.3, 0.4) is 0 Å². The van der Waals surface area contributed by atoms with Gasteiger partial charge in [-0.25, -0.2) is 0 Å². The molecule has 0 saturated heterocycles. The van der Waals surface area contributed by atoms with Gasteiger partial charge in [0.1, 0.15) is 0 Å². The van der Waals surface area contributed by atoms with Crippen molar-refractivity contribution in [1.29, 1.82) is 0 Å². The second-order valence-corrected chi connectivity index (χ2v) is 6.35. The minimum atomic E-state index is -0.554. The second kappa shape index (κ2) is 8.11. The number of rotatable bonds is 6. The number of aliphatic hydroxyl groups excluding tert-OH is 1. The summed E-state index contributed by atoms with van der Waals surface area (Å²) in [6.45, 7) is 5.69. The Labute approximate surface area is 143 Å². The number of carbonyl (C=O) groups excluding carboxylic acids is 2. The molecule has 0 bridgehead atoms. The third-order valence-corrected chi connectivity index (χ3v) is 4.66. The highest BCUT2D eigenvalue weighted by atomic mass is 16.3. The van der Waals surface area contributed by atoms with Crippen LogP contribution in [0, 0.1) is 5.92 Å². The first-order chi connectivity index (χ1) is 11.4. The summed E-state index contributed by atoms with van der Waals surface area (Å²) >= 11 is 0. The van der Waals surface area contributed by atoms with E-state index in [0.717, 1.165) is 17.5 Å². The van der Waals surface area contributed by atoms with E-state index in [0.29, 0.717) is 0 Å². The Bertz CT molecular complexity index is 627. The summed E-state index contributed by atoms with van der Waals surface area (Å²) in [5.41, 5.74) is 1.99. The van der Waals surface area contributed by atoms with Gasteiger partial charge in [-0.1, -0.05) is 44.5 Å². The average Bonchev–Trinajstić information content (AvgIpc) is 2.58. The number of fused-ring (bicyclic) bond motifs is 1. The van der Waals surface area contributed by atoms with Gasteiger partial charge < -0.3 is 15.3 Å². The first kappa shape index (κ1) is 18.2. The zero-order valence-corrected chi connectivity index (χ0v) is 14.5. The lowest BCUT2D eigenvalue weighted by Crippen LogP contribution is -2.39. The molecule has 0 aromatic heterocycles. The van der Waals surface area contributed by atoms with Crippen molar-refractivity contribution in [2.24, 2.45) is 5.92 Å². The molecule has 1 aromatic carbocycles. The molecule has 2 amide bonds. The number of aliphatic hydroxyl groups is 1. The van der Waals surface area contributed by atoms with Gasteiger partial charge in [-0.15, -0.1) is 0 Å². The van der Waals surface area contributed by atoms with Crippen LogP contribution in [0.1, 0.15) is 50.8 Å². The standard InChI is InChI=1S/C19H26N2O3/c1-4-13(2)18(23)12-20-19(24)11-17-16-8-6-5-7-15(16)9-10-21(17)14(3)22/h5-10,13,17-18,23H,4,11-12H2,1-3H3,(H,20,24). The van der Waals surface area contributed by atoms with Gasteiger partial charge in [-0.3, -0.25) is 9.59 Å². The van der Waals surface area contributed by atoms with E-state index in [9.17, 15) is 14.7 Å². The molecule has 0 saturated carbocycles. The summed E-state index contributed by atoms with van der Waals surface area (Å²) in [4.78, 5) is 25.8. The molecule has 1 aliphatic rings. The predicted molar refractivity (Wildman–Crippen MR) is 93.8 cm³/mol. The highest BCUT2D eigenvalue weighted by molar-refractivity contribution is 5.81. The van der Waals surface area contributed by atoms with Crippen LogP contribution in [-0.4, -0.2) is 34.5 Å². The zero-order valence-electron chi connectivity index (χ0n) is 14.5. The van der Waals surface area contributed by atoms with Crippen LogP contribution < -0.4 is 5.32 Å². The minimum Gasteiger partial charge on any atom is -0.391 e. The molecule has 5 nitrogen and oxygen atoms in total. The number of hydrogen-bond acceptors (Lipinski definition) is 3. The van der Waals surface area contributed by atoms with Crippen LogP contribution >= 0.6 is 0 Å². The summed E-state index contributed by atoms with van der Waals surface area (Å²) in [5.74, 6) is -0.130. The molecular weight excluding hydrogens is 304 g/mol. The van der Waals surface area contributed by atoms with Crippen molar-refractivity contribution in [3.8, 4) is 0 Å². The maximum atomic E-state index is 12.3. The van der Waals surface area contributed by atoms with Crippen molar-refractivity contribution in [3.63, 3.8) is 0 Å². The van der Waals surface area contributed by atoms with Crippen molar-refractivity contribution in [2.75, 3.05) is 6.54 Å². The quantitative estimate of drug-likeness (QED) is 0.842. The van der Waals surface area contributed by atoms with Gasteiger partial charge in [0.2, 0.25) is 11.8 Å². The lowest BCUT2D eigenvalue weighted by atomic mass is 9.93. The Hall–Kier alpha value is -2.14. The third kappa shape index (κ3) is 4.23. The molecule has 24 heavy (non-hydrogen) atoms. The molecule has 3 atom stereocenters. The molecule has 0 aliphatic carbocycles. The maximum absolute atomic E-state index is 12.3. The van der Waals surface area contributed by atoms with E-state index in [1.54, 1.807) is 11.1 Å². The Morgan fingerprint density at radius 2 is 2.04 bits per heavy atom. The number of carbonyl (C=O) groups is 2. The molecule has 0 fully saturated rings. The SMILES string of the molecule is CCC(C)C(O)CNC(=O)CC1c2ccccc2C=CN1C(C)=O. The van der Waals surface area contributed by atoms with Gasteiger partial charge in [0, 0.05) is 19.7 Å². The van der Waals surface area contributed by atoms with Gasteiger partial charge in [-0.2, -0.15) is 0 Å². The first-order valence-corrected chi connectivity index (χ1v) is 8.44. The van der Waals surface area contributed by atoms with Crippen molar-refractivity contribution in [2.45, 2.75) is 45.8 Å². The van der Waals surface area contributed by atoms with Crippen molar-refractivity contribution >= 4 is 17.9 Å². The van der Waals surface area contributed by atoms with Gasteiger partial charge in [0.25, 0.3) is 0 Å².